The summed E-state index contributed by atoms with van der Waals surface area (Å²) in [5, 5.41) is 37.5. The lowest BCUT2D eigenvalue weighted by atomic mass is 9.75. The van der Waals surface area contributed by atoms with Crippen molar-refractivity contribution in [1.29, 1.82) is 0 Å². The number of β-amino-alcohol motifs (C(OH)–C–C–N with tert-alkyl or cyclic N) is 1. The largest absolute Gasteiger partial charge is 0.507 e. The maximum absolute atomic E-state index is 13.6. The third kappa shape index (κ3) is 6.02. The highest BCUT2D eigenvalue weighted by Gasteiger charge is 2.50. The second kappa shape index (κ2) is 13.8. The summed E-state index contributed by atoms with van der Waals surface area (Å²) in [6.07, 6.45) is 3.18. The van der Waals surface area contributed by atoms with Crippen LogP contribution in [0.25, 0.3) is 22.3 Å². The van der Waals surface area contributed by atoms with Crippen molar-refractivity contribution in [2.24, 2.45) is 0 Å². The highest BCUT2D eigenvalue weighted by Crippen LogP contribution is 2.52. The topological polar surface area (TPSA) is 126 Å². The number of nitrogens with one attached hydrogen (secondary N) is 1. The Hall–Kier alpha value is -2.53. The number of rotatable bonds is 5. The lowest BCUT2D eigenvalue weighted by Gasteiger charge is -2.47. The molecule has 9 nitrogen and oxygen atoms in total. The van der Waals surface area contributed by atoms with Crippen LogP contribution >= 0.6 is 36.4 Å². The number of carbonyl (C=O) groups is 1. The quantitative estimate of drug-likeness (QED) is 0.263. The van der Waals surface area contributed by atoms with Crippen molar-refractivity contribution in [2.45, 2.75) is 68.5 Å². The Morgan fingerprint density at radius 3 is 2.50 bits per heavy atom. The molecule has 1 saturated carbocycles. The van der Waals surface area contributed by atoms with Crippen LogP contribution in [-0.2, 0) is 5.54 Å². The van der Waals surface area contributed by atoms with E-state index < -0.39 is 29.1 Å². The van der Waals surface area contributed by atoms with E-state index in [1.165, 1.54) is 6.07 Å². The molecule has 3 heterocycles. The number of likely N-dealkylation sites (tertiary alicyclic amines) is 1. The molecule has 3 atom stereocenters. The first-order chi connectivity index (χ1) is 20.2. The second-order valence-electron chi connectivity index (χ2n) is 12.1. The summed E-state index contributed by atoms with van der Waals surface area (Å²) < 4.78 is 6.53. The Balaban J connectivity index is 0.00000221. The molecule has 1 aromatic heterocycles. The molecule has 3 aliphatic rings. The number of carboxylic acid groups (broad SMARTS) is 1. The first kappa shape index (κ1) is 34.3. The number of benzene rings is 2. The normalized spacial score (nSPS) is 23.5. The molecule has 3 fully saturated rings. The molecule has 0 bridgehead atoms. The summed E-state index contributed by atoms with van der Waals surface area (Å²) in [4.78, 5) is 30.4. The molecule has 1 amide bonds. The lowest BCUT2D eigenvalue weighted by Crippen LogP contribution is -2.57. The molecule has 2 aliphatic heterocycles. The number of hydrogen-bond donors (Lipinski definition) is 4. The van der Waals surface area contributed by atoms with Gasteiger partial charge in [0.15, 0.2) is 5.43 Å². The van der Waals surface area contributed by atoms with E-state index >= 15 is 0 Å². The molecule has 0 radical (unpaired) electrons. The van der Waals surface area contributed by atoms with Gasteiger partial charge in [0.2, 0.25) is 0 Å². The van der Waals surface area contributed by atoms with E-state index in [0.29, 0.717) is 60.6 Å². The number of likely N-dealkylation sites (N-methyl/N-ethyl adjacent to an activating group) is 1. The number of fused-ring (bicyclic) bond motifs is 1. The highest BCUT2D eigenvalue weighted by molar-refractivity contribution is 6.33. The monoisotopic (exact) mass is 667 g/mol. The number of hydrogen-bond acceptors (Lipinski definition) is 7. The van der Waals surface area contributed by atoms with Crippen LogP contribution in [-0.4, -0.2) is 76.6 Å². The van der Waals surface area contributed by atoms with Gasteiger partial charge in [0.25, 0.3) is 0 Å². The highest BCUT2D eigenvalue weighted by atomic mass is 35.5. The van der Waals surface area contributed by atoms with Crippen molar-refractivity contribution in [1.82, 2.24) is 15.1 Å². The Labute approximate surface area is 274 Å². The number of phenolic OH excluding ortho intramolecular Hbond substituents is 1. The molecule has 240 valence electrons. The molecule has 44 heavy (non-hydrogen) atoms. The predicted molar refractivity (Wildman–Crippen MR) is 176 cm³/mol. The Bertz CT molecular complexity index is 1550. The molecular formula is C32H40Cl3N3O6. The zero-order chi connectivity index (χ0) is 29.6. The van der Waals surface area contributed by atoms with Crippen molar-refractivity contribution in [2.75, 3.05) is 33.2 Å². The van der Waals surface area contributed by atoms with Crippen molar-refractivity contribution in [3.63, 3.8) is 0 Å². The molecule has 2 saturated heterocycles. The van der Waals surface area contributed by atoms with Gasteiger partial charge in [-0.2, -0.15) is 0 Å². The van der Waals surface area contributed by atoms with Crippen LogP contribution in [0.5, 0.6) is 5.75 Å². The van der Waals surface area contributed by atoms with Gasteiger partial charge in [-0.25, -0.2) is 4.79 Å². The van der Waals surface area contributed by atoms with Gasteiger partial charge >= 0.3 is 6.09 Å². The van der Waals surface area contributed by atoms with Crippen molar-refractivity contribution in [3.8, 4) is 17.1 Å². The van der Waals surface area contributed by atoms with E-state index in [2.05, 4.69) is 10.2 Å². The van der Waals surface area contributed by atoms with Gasteiger partial charge in [-0.05, 0) is 76.0 Å². The summed E-state index contributed by atoms with van der Waals surface area (Å²) in [6.45, 7) is 2.52. The summed E-state index contributed by atoms with van der Waals surface area (Å²) in [5.41, 5.74) is 0.607. The number of aliphatic hydroxyl groups is 1. The number of halogens is 3. The van der Waals surface area contributed by atoms with Gasteiger partial charge in [0.05, 0.1) is 16.7 Å². The first-order valence-electron chi connectivity index (χ1n) is 14.9. The molecule has 12 heteroatoms. The zero-order valence-electron chi connectivity index (χ0n) is 24.6. The fourth-order valence-electron chi connectivity index (χ4n) is 7.65. The van der Waals surface area contributed by atoms with Crippen LogP contribution < -0.4 is 10.7 Å². The number of piperidine rings is 2. The van der Waals surface area contributed by atoms with Crippen LogP contribution in [0.4, 0.5) is 4.79 Å². The van der Waals surface area contributed by atoms with Crippen molar-refractivity contribution < 1.29 is 24.5 Å². The van der Waals surface area contributed by atoms with Crippen LogP contribution in [0, 0.1) is 0 Å². The third-order valence-corrected chi connectivity index (χ3v) is 9.88. The minimum Gasteiger partial charge on any atom is -0.507 e. The number of nitrogens with zero attached hydrogens (tertiary/aromatic N) is 2. The lowest BCUT2D eigenvalue weighted by molar-refractivity contribution is 0.0324. The molecule has 4 N–H and O–H groups in total. The third-order valence-electron chi connectivity index (χ3n) is 9.55. The van der Waals surface area contributed by atoms with Crippen LogP contribution in [0.1, 0.15) is 62.0 Å². The Morgan fingerprint density at radius 2 is 1.86 bits per heavy atom. The van der Waals surface area contributed by atoms with Crippen molar-refractivity contribution in [3.05, 3.63) is 62.8 Å². The van der Waals surface area contributed by atoms with E-state index in [9.17, 15) is 24.9 Å². The van der Waals surface area contributed by atoms with E-state index in [0.717, 1.165) is 32.2 Å². The fraction of sp³-hybridized carbons (Fsp3) is 0.500. The number of aromatic hydroxyl groups is 1. The molecular weight excluding hydrogens is 629 g/mol. The summed E-state index contributed by atoms with van der Waals surface area (Å²) in [7, 11) is 1.95. The maximum Gasteiger partial charge on any atom is 0.408 e. The minimum absolute atomic E-state index is 0. The summed E-state index contributed by atoms with van der Waals surface area (Å²) >= 11 is 6.51. The smallest absolute Gasteiger partial charge is 0.408 e. The molecule has 6 rings (SSSR count). The second-order valence-corrected chi connectivity index (χ2v) is 12.5. The van der Waals surface area contributed by atoms with Crippen LogP contribution in [0.2, 0.25) is 5.02 Å². The molecule has 3 aromatic rings. The van der Waals surface area contributed by atoms with E-state index in [4.69, 9.17) is 16.0 Å². The van der Waals surface area contributed by atoms with Crippen LogP contribution in [0.3, 0.4) is 0 Å². The Kier molecular flexibility index (Phi) is 10.8. The van der Waals surface area contributed by atoms with Gasteiger partial charge in [0.1, 0.15) is 22.5 Å². The van der Waals surface area contributed by atoms with E-state index in [-0.39, 0.29) is 53.3 Å². The SMILES string of the molecule is CN1CC[C@H](c2c(C3(N(C(=O)O)C4CCCNC4)CCCC3)cc(O)c3c(=O)cc(-c4ccccc4Cl)oc23)[C@H](O)C1.Cl.Cl. The summed E-state index contributed by atoms with van der Waals surface area (Å²) in [5.74, 6) is -0.420. The van der Waals surface area contributed by atoms with Gasteiger partial charge in [-0.3, -0.25) is 9.69 Å². The van der Waals surface area contributed by atoms with Gasteiger partial charge in [-0.1, -0.05) is 36.6 Å². The number of phenols is 1. The molecule has 2 aromatic carbocycles. The molecule has 1 unspecified atom stereocenters. The number of amides is 1. The predicted octanol–water partition coefficient (Wildman–Crippen LogP) is 5.94. The number of aliphatic hydroxyl groups excluding tert-OH is 1. The van der Waals surface area contributed by atoms with Gasteiger partial charge in [-0.15, -0.1) is 24.8 Å². The van der Waals surface area contributed by atoms with Crippen LogP contribution in [0.15, 0.2) is 45.6 Å². The average molecular weight is 669 g/mol. The Morgan fingerprint density at radius 1 is 1.14 bits per heavy atom. The molecule has 1 aliphatic carbocycles. The van der Waals surface area contributed by atoms with E-state index in [1.54, 1.807) is 35.2 Å². The maximum atomic E-state index is 13.6. The van der Waals surface area contributed by atoms with Gasteiger partial charge < -0.3 is 30.0 Å². The van der Waals surface area contributed by atoms with Crippen molar-refractivity contribution >= 4 is 53.5 Å². The zero-order valence-corrected chi connectivity index (χ0v) is 27.0. The fourth-order valence-corrected chi connectivity index (χ4v) is 7.88. The first-order valence-corrected chi connectivity index (χ1v) is 15.3. The van der Waals surface area contributed by atoms with Gasteiger partial charge in [0, 0.05) is 42.2 Å². The van der Waals surface area contributed by atoms with E-state index in [1.807, 2.05) is 7.05 Å². The molecule has 0 spiro atoms. The summed E-state index contributed by atoms with van der Waals surface area (Å²) in [6, 6.07) is 9.75. The average Bonchev–Trinajstić information content (AvgIpc) is 3.44. The standard InChI is InChI=1S/C32H38ClN3O6.2ClH/c1-35-14-10-21(26(39)18-35)28-22(32(11-4-5-12-32)36(31(40)41)19-7-6-13-34-17-19)15-24(37)29-25(38)16-27(42-30(28)29)20-8-2-3-9-23(20)33;;/h2-3,8-9,15-16,19,21,26,34,37,39H,4-7,10-14,17-18H2,1H3,(H,40,41);2*1H/t19?,21-,26+;;/m0../s1. The minimum atomic E-state index is -1.01.